The molecule has 0 aliphatic carbocycles. The second-order valence-corrected chi connectivity index (χ2v) is 8.30. The van der Waals surface area contributed by atoms with Crippen LogP contribution in [0.2, 0.25) is 0 Å². The predicted octanol–water partition coefficient (Wildman–Crippen LogP) is 1.18. The summed E-state index contributed by atoms with van der Waals surface area (Å²) in [6.45, 7) is 0. The van der Waals surface area contributed by atoms with E-state index in [0.29, 0.717) is 21.8 Å². The van der Waals surface area contributed by atoms with Gasteiger partial charge in [0.1, 0.15) is 11.7 Å². The van der Waals surface area contributed by atoms with Crippen molar-refractivity contribution in [3.8, 4) is 16.3 Å². The Bertz CT molecular complexity index is 1360. The van der Waals surface area contributed by atoms with Crippen molar-refractivity contribution in [2.75, 3.05) is 7.11 Å². The van der Waals surface area contributed by atoms with E-state index in [1.54, 1.807) is 29.8 Å². The molecular formula is C21H15N5O6S. The fourth-order valence-corrected chi connectivity index (χ4v) is 4.71. The van der Waals surface area contributed by atoms with Gasteiger partial charge in [0.2, 0.25) is 11.8 Å². The number of ether oxygens (including phenoxy) is 1. The van der Waals surface area contributed by atoms with Crippen LogP contribution in [0.4, 0.5) is 0 Å². The van der Waals surface area contributed by atoms with Crippen LogP contribution in [0.15, 0.2) is 35.8 Å². The minimum absolute atomic E-state index is 0.0392. The first-order valence-corrected chi connectivity index (χ1v) is 10.7. The van der Waals surface area contributed by atoms with E-state index in [2.05, 4.69) is 15.6 Å². The summed E-state index contributed by atoms with van der Waals surface area (Å²) in [6, 6.07) is 5.29. The van der Waals surface area contributed by atoms with Crippen LogP contribution < -0.4 is 5.32 Å². The molecule has 2 aromatic heterocycles. The molecule has 12 heteroatoms. The molecule has 11 nitrogen and oxygen atoms in total. The van der Waals surface area contributed by atoms with E-state index in [9.17, 15) is 24.0 Å². The highest BCUT2D eigenvalue weighted by Crippen LogP contribution is 2.32. The quantitative estimate of drug-likeness (QED) is 0.447. The number of benzene rings is 1. The molecule has 0 spiro atoms. The number of amides is 4. The molecule has 0 bridgehead atoms. The molecule has 4 amide bonds. The van der Waals surface area contributed by atoms with E-state index in [1.807, 2.05) is 0 Å². The molecule has 1 atom stereocenters. The topological polar surface area (TPSA) is 141 Å². The Balaban J connectivity index is 1.49. The number of piperidine rings is 1. The molecule has 4 heterocycles. The van der Waals surface area contributed by atoms with Crippen molar-refractivity contribution in [3.63, 3.8) is 0 Å². The Morgan fingerprint density at radius 3 is 2.79 bits per heavy atom. The summed E-state index contributed by atoms with van der Waals surface area (Å²) in [6.07, 6.45) is 1.69. The molecule has 33 heavy (non-hydrogen) atoms. The van der Waals surface area contributed by atoms with E-state index < -0.39 is 35.6 Å². The van der Waals surface area contributed by atoms with Crippen molar-refractivity contribution in [1.82, 2.24) is 25.2 Å². The number of nitrogens with one attached hydrogen (secondary N) is 1. The van der Waals surface area contributed by atoms with Crippen LogP contribution in [0.5, 0.6) is 0 Å². The number of methoxy groups -OCH3 is 1. The Labute approximate surface area is 189 Å². The first-order valence-electron chi connectivity index (χ1n) is 9.83. The average Bonchev–Trinajstić information content (AvgIpc) is 3.53. The van der Waals surface area contributed by atoms with Crippen molar-refractivity contribution in [2.24, 2.45) is 0 Å². The van der Waals surface area contributed by atoms with Gasteiger partial charge in [0, 0.05) is 11.8 Å². The second kappa shape index (κ2) is 7.74. The number of hydrogen-bond acceptors (Lipinski definition) is 9. The zero-order valence-corrected chi connectivity index (χ0v) is 17.9. The first-order chi connectivity index (χ1) is 15.9. The summed E-state index contributed by atoms with van der Waals surface area (Å²) < 4.78 is 6.08. The normalized spacial score (nSPS) is 17.8. The molecule has 166 valence electrons. The second-order valence-electron chi connectivity index (χ2n) is 7.39. The molecule has 2 aliphatic rings. The van der Waals surface area contributed by atoms with Crippen molar-refractivity contribution in [3.05, 3.63) is 52.5 Å². The molecule has 0 saturated carbocycles. The third-order valence-electron chi connectivity index (χ3n) is 5.46. The van der Waals surface area contributed by atoms with Gasteiger partial charge in [0.05, 0.1) is 40.6 Å². The molecule has 2 aliphatic heterocycles. The van der Waals surface area contributed by atoms with E-state index in [4.69, 9.17) is 4.74 Å². The van der Waals surface area contributed by atoms with Gasteiger partial charge in [-0.15, -0.1) is 16.4 Å². The smallest absolute Gasteiger partial charge is 0.338 e. The van der Waals surface area contributed by atoms with E-state index in [0.717, 1.165) is 4.90 Å². The number of rotatable bonds is 4. The number of carbonyl (C=O) groups excluding carboxylic acids is 5. The number of hydrogen-bond donors (Lipinski definition) is 1. The van der Waals surface area contributed by atoms with Gasteiger partial charge >= 0.3 is 5.97 Å². The predicted molar refractivity (Wildman–Crippen MR) is 113 cm³/mol. The molecule has 1 saturated heterocycles. The van der Waals surface area contributed by atoms with Gasteiger partial charge in [-0.05, 0) is 24.6 Å². The zero-order chi connectivity index (χ0) is 23.3. The SMILES string of the molecule is COC(=O)c1csc(-c2cn(-c3cccc4c3C(=O)N(C3CCC(=O)NC3=O)C4=O)nn2)c1. The summed E-state index contributed by atoms with van der Waals surface area (Å²) in [7, 11) is 1.29. The van der Waals surface area contributed by atoms with Crippen LogP contribution in [0.3, 0.4) is 0 Å². The minimum atomic E-state index is -1.06. The summed E-state index contributed by atoms with van der Waals surface area (Å²) in [5, 5.41) is 12.0. The van der Waals surface area contributed by atoms with Crippen LogP contribution in [-0.2, 0) is 14.3 Å². The van der Waals surface area contributed by atoms with E-state index >= 15 is 0 Å². The van der Waals surface area contributed by atoms with Crippen LogP contribution in [-0.4, -0.2) is 62.6 Å². The summed E-state index contributed by atoms with van der Waals surface area (Å²) >= 11 is 1.28. The maximum absolute atomic E-state index is 13.2. The fourth-order valence-electron chi connectivity index (χ4n) is 3.88. The molecule has 3 aromatic rings. The van der Waals surface area contributed by atoms with Crippen molar-refractivity contribution >= 4 is 40.9 Å². The molecular weight excluding hydrogens is 450 g/mol. The Morgan fingerprint density at radius 2 is 2.03 bits per heavy atom. The lowest BCUT2D eigenvalue weighted by Gasteiger charge is -2.27. The standard InChI is InChI=1S/C21H15N5O6S/c1-32-21(31)10-7-15(33-9-10)12-8-25(24-23-12)13-4-2-3-11-17(13)20(30)26(19(11)29)14-5-6-16(27)22-18(14)28/h2-4,7-9,14H,5-6H2,1H3,(H,22,27,28). The van der Waals surface area contributed by atoms with Crippen LogP contribution in [0.1, 0.15) is 43.9 Å². The van der Waals surface area contributed by atoms with Crippen molar-refractivity contribution < 1.29 is 28.7 Å². The molecule has 0 radical (unpaired) electrons. The van der Waals surface area contributed by atoms with E-state index in [1.165, 1.54) is 29.2 Å². The minimum Gasteiger partial charge on any atom is -0.465 e. The Kier molecular flexibility index (Phi) is 4.86. The maximum Gasteiger partial charge on any atom is 0.338 e. The van der Waals surface area contributed by atoms with Crippen molar-refractivity contribution in [1.29, 1.82) is 0 Å². The number of esters is 1. The molecule has 1 N–H and O–H groups in total. The summed E-state index contributed by atoms with van der Waals surface area (Å²) in [5.41, 5.74) is 1.41. The van der Waals surface area contributed by atoms with Crippen LogP contribution in [0, 0.1) is 0 Å². The Hall–Kier alpha value is -4.19. The van der Waals surface area contributed by atoms with Crippen molar-refractivity contribution in [2.45, 2.75) is 18.9 Å². The number of imide groups is 2. The molecule has 1 fully saturated rings. The van der Waals surface area contributed by atoms with Gasteiger partial charge in [-0.3, -0.25) is 29.4 Å². The molecule has 1 unspecified atom stereocenters. The fraction of sp³-hybridized carbons (Fsp3) is 0.190. The van der Waals surface area contributed by atoms with Gasteiger partial charge < -0.3 is 4.74 Å². The van der Waals surface area contributed by atoms with Crippen LogP contribution in [0.25, 0.3) is 16.3 Å². The largest absolute Gasteiger partial charge is 0.465 e. The van der Waals surface area contributed by atoms with Gasteiger partial charge in [-0.1, -0.05) is 11.3 Å². The number of fused-ring (bicyclic) bond motifs is 1. The lowest BCUT2D eigenvalue weighted by Crippen LogP contribution is -2.54. The highest BCUT2D eigenvalue weighted by Gasteiger charge is 2.45. The van der Waals surface area contributed by atoms with Gasteiger partial charge in [0.15, 0.2) is 0 Å². The number of thiophene rings is 1. The monoisotopic (exact) mass is 465 g/mol. The zero-order valence-electron chi connectivity index (χ0n) is 17.1. The highest BCUT2D eigenvalue weighted by atomic mass is 32.1. The van der Waals surface area contributed by atoms with Crippen LogP contribution >= 0.6 is 11.3 Å². The number of carbonyl (C=O) groups is 5. The van der Waals surface area contributed by atoms with Gasteiger partial charge in [-0.25, -0.2) is 9.48 Å². The third kappa shape index (κ3) is 3.31. The number of aromatic nitrogens is 3. The first kappa shape index (κ1) is 20.7. The summed E-state index contributed by atoms with van der Waals surface area (Å²) in [4.78, 5) is 63.3. The van der Waals surface area contributed by atoms with Gasteiger partial charge in [0.25, 0.3) is 11.8 Å². The lowest BCUT2D eigenvalue weighted by atomic mass is 10.0. The maximum atomic E-state index is 13.2. The lowest BCUT2D eigenvalue weighted by molar-refractivity contribution is -0.136. The van der Waals surface area contributed by atoms with Gasteiger partial charge in [-0.2, -0.15) is 0 Å². The Morgan fingerprint density at radius 1 is 1.21 bits per heavy atom. The average molecular weight is 465 g/mol. The molecule has 1 aromatic carbocycles. The summed E-state index contributed by atoms with van der Waals surface area (Å²) in [5.74, 6) is -2.82. The number of nitrogens with zero attached hydrogens (tertiary/aromatic N) is 4. The molecule has 5 rings (SSSR count). The third-order valence-corrected chi connectivity index (χ3v) is 6.41. The van der Waals surface area contributed by atoms with E-state index in [-0.39, 0.29) is 24.0 Å². The highest BCUT2D eigenvalue weighted by molar-refractivity contribution is 7.13.